The van der Waals surface area contributed by atoms with Gasteiger partial charge in [0.15, 0.2) is 0 Å². The molecule has 1 N–H and O–H groups in total. The lowest BCUT2D eigenvalue weighted by atomic mass is 10.1. The zero-order valence-electron chi connectivity index (χ0n) is 13.4. The number of rotatable bonds is 7. The molecule has 0 radical (unpaired) electrons. The molecule has 0 amide bonds. The molecule has 5 heteroatoms. The van der Waals surface area contributed by atoms with E-state index in [1.54, 1.807) is 13.2 Å². The van der Waals surface area contributed by atoms with Crippen molar-refractivity contribution in [3.8, 4) is 5.75 Å². The van der Waals surface area contributed by atoms with Gasteiger partial charge < -0.3 is 14.8 Å². The molecule has 0 atom stereocenters. The maximum absolute atomic E-state index is 11.7. The first-order valence-corrected chi connectivity index (χ1v) is 7.24. The Balaban J connectivity index is 0.00000264. The average molecular weight is 380 g/mol. The van der Waals surface area contributed by atoms with E-state index in [9.17, 15) is 4.79 Å². The Labute approximate surface area is 147 Å². The third-order valence-corrected chi connectivity index (χ3v) is 3.43. The van der Waals surface area contributed by atoms with Gasteiger partial charge >= 0.3 is 5.97 Å². The third kappa shape index (κ3) is 5.69. The van der Waals surface area contributed by atoms with Crippen molar-refractivity contribution in [2.24, 2.45) is 0 Å². The first-order chi connectivity index (χ1) is 10.7. The molecule has 0 bridgehead atoms. The van der Waals surface area contributed by atoms with Crippen LogP contribution in [0.1, 0.15) is 21.5 Å². The van der Waals surface area contributed by atoms with Crippen molar-refractivity contribution >= 4 is 23.0 Å². The Hall–Kier alpha value is -1.85. The number of methoxy groups -OCH3 is 2. The van der Waals surface area contributed by atoms with E-state index in [0.29, 0.717) is 11.3 Å². The molecule has 0 saturated heterocycles. The van der Waals surface area contributed by atoms with Gasteiger partial charge in [-0.05, 0) is 36.2 Å². The number of carbonyl (C=O) groups is 1. The zero-order valence-corrected chi connectivity index (χ0v) is 15.1. The Bertz CT molecular complexity index is 617. The molecule has 2 aromatic rings. The Morgan fingerprint density at radius 1 is 1.04 bits per heavy atom. The fourth-order valence-electron chi connectivity index (χ4n) is 2.24. The maximum Gasteiger partial charge on any atom is 0.341 e. The van der Waals surface area contributed by atoms with Crippen molar-refractivity contribution in [3.05, 3.63) is 65.2 Å². The van der Waals surface area contributed by atoms with Crippen LogP contribution in [0, 0.1) is 0 Å². The van der Waals surface area contributed by atoms with Crippen molar-refractivity contribution in [3.63, 3.8) is 0 Å². The van der Waals surface area contributed by atoms with Crippen molar-refractivity contribution in [1.29, 1.82) is 0 Å². The van der Waals surface area contributed by atoms with Gasteiger partial charge in [0.25, 0.3) is 0 Å². The van der Waals surface area contributed by atoms with Gasteiger partial charge in [-0.1, -0.05) is 36.4 Å². The summed E-state index contributed by atoms with van der Waals surface area (Å²) in [5, 5.41) is 3.39. The fraction of sp³-hybridized carbons (Fsp3) is 0.278. The Morgan fingerprint density at radius 2 is 1.78 bits per heavy atom. The lowest BCUT2D eigenvalue weighted by Crippen LogP contribution is -2.17. The molecule has 0 spiro atoms. The highest BCUT2D eigenvalue weighted by atomic mass is 79.9. The standard InChI is InChI=1S/C18H21NO3.BrH/c1-21-17-9-8-14(12-16(17)18(20)22-2)10-11-19-13-15-6-4-3-5-7-15;/h3-9,12,19H,10-11,13H2,1-2H3;1H. The predicted molar refractivity (Wildman–Crippen MR) is 96.5 cm³/mol. The van der Waals surface area contributed by atoms with E-state index < -0.39 is 0 Å². The number of ether oxygens (including phenoxy) is 2. The molecule has 4 nitrogen and oxygen atoms in total. The Morgan fingerprint density at radius 3 is 2.43 bits per heavy atom. The number of nitrogens with one attached hydrogen (secondary N) is 1. The van der Waals surface area contributed by atoms with E-state index in [0.717, 1.165) is 25.1 Å². The number of halogens is 1. The molecule has 124 valence electrons. The maximum atomic E-state index is 11.7. The van der Waals surface area contributed by atoms with Crippen LogP contribution in [0.15, 0.2) is 48.5 Å². The molecule has 0 saturated carbocycles. The summed E-state index contributed by atoms with van der Waals surface area (Å²) < 4.78 is 9.97. The second-order valence-electron chi connectivity index (χ2n) is 4.94. The van der Waals surface area contributed by atoms with Crippen molar-refractivity contribution in [1.82, 2.24) is 5.32 Å². The van der Waals surface area contributed by atoms with Gasteiger partial charge in [-0.25, -0.2) is 4.79 Å². The molecule has 0 aromatic heterocycles. The second kappa shape index (κ2) is 10.0. The van der Waals surface area contributed by atoms with Gasteiger partial charge in [0, 0.05) is 6.54 Å². The predicted octanol–water partition coefficient (Wildman–Crippen LogP) is 3.39. The highest BCUT2D eigenvalue weighted by Gasteiger charge is 2.13. The molecule has 2 aromatic carbocycles. The summed E-state index contributed by atoms with van der Waals surface area (Å²) in [5.74, 6) is 0.156. The topological polar surface area (TPSA) is 47.6 Å². The summed E-state index contributed by atoms with van der Waals surface area (Å²) in [6.07, 6.45) is 0.834. The molecule has 0 heterocycles. The van der Waals surface area contributed by atoms with Crippen LogP contribution in [0.5, 0.6) is 5.75 Å². The van der Waals surface area contributed by atoms with Gasteiger partial charge in [0.05, 0.1) is 14.2 Å². The van der Waals surface area contributed by atoms with Gasteiger partial charge in [-0.2, -0.15) is 0 Å². The summed E-state index contributed by atoms with van der Waals surface area (Å²) in [4.78, 5) is 11.7. The number of hydrogen-bond donors (Lipinski definition) is 1. The first kappa shape index (κ1) is 19.2. The van der Waals surface area contributed by atoms with E-state index in [4.69, 9.17) is 9.47 Å². The molecule has 0 aliphatic carbocycles. The average Bonchev–Trinajstić information content (AvgIpc) is 2.58. The number of esters is 1. The smallest absolute Gasteiger partial charge is 0.341 e. The van der Waals surface area contributed by atoms with Crippen LogP contribution in [0.25, 0.3) is 0 Å². The van der Waals surface area contributed by atoms with E-state index >= 15 is 0 Å². The molecule has 0 unspecified atom stereocenters. The number of benzene rings is 2. The van der Waals surface area contributed by atoms with Crippen LogP contribution in [-0.4, -0.2) is 26.7 Å². The van der Waals surface area contributed by atoms with Crippen LogP contribution >= 0.6 is 17.0 Å². The van der Waals surface area contributed by atoms with E-state index in [-0.39, 0.29) is 23.0 Å². The molecule has 0 aliphatic heterocycles. The minimum absolute atomic E-state index is 0. The van der Waals surface area contributed by atoms with Crippen LogP contribution in [0.4, 0.5) is 0 Å². The molecule has 2 rings (SSSR count). The SMILES string of the molecule is Br.COC(=O)c1cc(CCNCc2ccccc2)ccc1OC. The molecular formula is C18H22BrNO3. The van der Waals surface area contributed by atoms with Gasteiger partial charge in [0.1, 0.15) is 11.3 Å². The summed E-state index contributed by atoms with van der Waals surface area (Å²) in [6.45, 7) is 1.67. The second-order valence-corrected chi connectivity index (χ2v) is 4.94. The summed E-state index contributed by atoms with van der Waals surface area (Å²) in [7, 11) is 2.92. The lowest BCUT2D eigenvalue weighted by molar-refractivity contribution is 0.0597. The van der Waals surface area contributed by atoms with Gasteiger partial charge in [-0.3, -0.25) is 0 Å². The highest BCUT2D eigenvalue weighted by Crippen LogP contribution is 2.21. The number of carbonyl (C=O) groups excluding carboxylic acids is 1. The van der Waals surface area contributed by atoms with Crippen molar-refractivity contribution in [2.45, 2.75) is 13.0 Å². The monoisotopic (exact) mass is 379 g/mol. The third-order valence-electron chi connectivity index (χ3n) is 3.43. The van der Waals surface area contributed by atoms with E-state index in [1.165, 1.54) is 12.7 Å². The molecule has 23 heavy (non-hydrogen) atoms. The molecular weight excluding hydrogens is 358 g/mol. The minimum atomic E-state index is -0.379. The summed E-state index contributed by atoms with van der Waals surface area (Å²) in [6, 6.07) is 15.9. The minimum Gasteiger partial charge on any atom is -0.496 e. The summed E-state index contributed by atoms with van der Waals surface area (Å²) in [5.41, 5.74) is 2.79. The molecule has 0 aliphatic rings. The van der Waals surface area contributed by atoms with Crippen LogP contribution < -0.4 is 10.1 Å². The lowest BCUT2D eigenvalue weighted by Gasteiger charge is -2.10. The first-order valence-electron chi connectivity index (χ1n) is 7.24. The highest BCUT2D eigenvalue weighted by molar-refractivity contribution is 8.93. The molecule has 0 fully saturated rings. The largest absolute Gasteiger partial charge is 0.496 e. The van der Waals surface area contributed by atoms with Crippen molar-refractivity contribution < 1.29 is 14.3 Å². The Kier molecular flexibility index (Phi) is 8.37. The van der Waals surface area contributed by atoms with Crippen LogP contribution in [0.3, 0.4) is 0 Å². The summed E-state index contributed by atoms with van der Waals surface area (Å²) >= 11 is 0. The normalized spacial score (nSPS) is 9.83. The van der Waals surface area contributed by atoms with E-state index in [1.807, 2.05) is 30.3 Å². The fourth-order valence-corrected chi connectivity index (χ4v) is 2.24. The van der Waals surface area contributed by atoms with Crippen LogP contribution in [-0.2, 0) is 17.7 Å². The van der Waals surface area contributed by atoms with Gasteiger partial charge in [-0.15, -0.1) is 17.0 Å². The van der Waals surface area contributed by atoms with Crippen molar-refractivity contribution in [2.75, 3.05) is 20.8 Å². The van der Waals surface area contributed by atoms with E-state index in [2.05, 4.69) is 17.4 Å². The number of hydrogen-bond acceptors (Lipinski definition) is 4. The quantitative estimate of drug-likeness (QED) is 0.591. The van der Waals surface area contributed by atoms with Gasteiger partial charge in [0.2, 0.25) is 0 Å². The van der Waals surface area contributed by atoms with Crippen LogP contribution in [0.2, 0.25) is 0 Å². The zero-order chi connectivity index (χ0) is 15.8.